The molecule has 25 heavy (non-hydrogen) atoms. The molecule has 1 fully saturated rings. The second-order valence-electron chi connectivity index (χ2n) is 5.76. The van der Waals surface area contributed by atoms with Crippen LogP contribution in [-0.2, 0) is 10.3 Å². The number of halogens is 3. The van der Waals surface area contributed by atoms with E-state index >= 15 is 0 Å². The van der Waals surface area contributed by atoms with Crippen LogP contribution < -0.4 is 15.4 Å². The van der Waals surface area contributed by atoms with Crippen LogP contribution >= 0.6 is 0 Å². The summed E-state index contributed by atoms with van der Waals surface area (Å²) < 4.78 is 43.5. The highest BCUT2D eigenvalue weighted by Gasteiger charge is 2.55. The number of nitrogens with one attached hydrogen (secondary N) is 2. The first-order chi connectivity index (χ1) is 11.9. The fourth-order valence-electron chi connectivity index (χ4n) is 3.36. The van der Waals surface area contributed by atoms with E-state index in [1.54, 1.807) is 0 Å². The normalized spacial score (nSPS) is 20.5. The molecule has 1 unspecified atom stereocenters. The van der Waals surface area contributed by atoms with Gasteiger partial charge in [0.2, 0.25) is 0 Å². The largest absolute Gasteiger partial charge is 0.488 e. The standard InChI is InChI=1S/C17H11F3N2O3/c18-8-1-3-10-11-6-9(25-7-14(19)20)2-4-12(11)17(13(10)5-8)15(23)21-16(24)22-17/h1-6,14H,7H2,(H2,21,22,23,24). The minimum absolute atomic E-state index is 0.191. The van der Waals surface area contributed by atoms with Crippen molar-refractivity contribution in [2.75, 3.05) is 6.61 Å². The van der Waals surface area contributed by atoms with E-state index in [4.69, 9.17) is 4.74 Å². The van der Waals surface area contributed by atoms with Crippen LogP contribution in [0.1, 0.15) is 11.1 Å². The van der Waals surface area contributed by atoms with Crippen molar-refractivity contribution in [3.63, 3.8) is 0 Å². The Labute approximate surface area is 139 Å². The molecule has 0 aromatic heterocycles. The van der Waals surface area contributed by atoms with Crippen LogP contribution in [0.15, 0.2) is 36.4 Å². The van der Waals surface area contributed by atoms with Gasteiger partial charge in [-0.2, -0.15) is 0 Å². The summed E-state index contributed by atoms with van der Waals surface area (Å²) in [6.07, 6.45) is -2.62. The average molecular weight is 348 g/mol. The fraction of sp³-hybridized carbons (Fsp3) is 0.176. The quantitative estimate of drug-likeness (QED) is 0.838. The Kier molecular flexibility index (Phi) is 3.24. The number of fused-ring (bicyclic) bond motifs is 5. The molecule has 8 heteroatoms. The number of carbonyl (C=O) groups excluding carboxylic acids is 2. The molecule has 2 N–H and O–H groups in total. The van der Waals surface area contributed by atoms with Gasteiger partial charge in [0.1, 0.15) is 18.2 Å². The number of rotatable bonds is 3. The smallest absolute Gasteiger partial charge is 0.322 e. The highest BCUT2D eigenvalue weighted by atomic mass is 19.3. The Balaban J connectivity index is 1.90. The zero-order chi connectivity index (χ0) is 17.8. The molecule has 2 aromatic rings. The van der Waals surface area contributed by atoms with Crippen molar-refractivity contribution in [3.05, 3.63) is 53.3 Å². The molecule has 0 saturated carbocycles. The Morgan fingerprint density at radius 1 is 1.04 bits per heavy atom. The highest BCUT2D eigenvalue weighted by molar-refractivity contribution is 6.13. The lowest BCUT2D eigenvalue weighted by Gasteiger charge is -2.23. The van der Waals surface area contributed by atoms with E-state index in [-0.39, 0.29) is 11.3 Å². The number of benzene rings is 2. The van der Waals surface area contributed by atoms with Crippen molar-refractivity contribution < 1.29 is 27.5 Å². The second-order valence-corrected chi connectivity index (χ2v) is 5.76. The van der Waals surface area contributed by atoms with Gasteiger partial charge in [0, 0.05) is 5.56 Å². The molecule has 1 spiro atoms. The highest BCUT2D eigenvalue weighted by Crippen LogP contribution is 2.50. The third-order valence-corrected chi connectivity index (χ3v) is 4.32. The SMILES string of the molecule is O=C1NC(=O)C2(N1)c1ccc(OCC(F)F)cc1-c1ccc(F)cc12. The van der Waals surface area contributed by atoms with Gasteiger partial charge >= 0.3 is 6.03 Å². The predicted octanol–water partition coefficient (Wildman–Crippen LogP) is 2.53. The Hall–Kier alpha value is -3.03. The molecular formula is C17H11F3N2O3. The van der Waals surface area contributed by atoms with Crippen molar-refractivity contribution in [1.29, 1.82) is 0 Å². The van der Waals surface area contributed by atoms with Gasteiger partial charge in [-0.05, 0) is 41.0 Å². The number of alkyl halides is 2. The summed E-state index contributed by atoms with van der Waals surface area (Å²) in [5.41, 5.74) is 0.221. The van der Waals surface area contributed by atoms with Crippen molar-refractivity contribution in [1.82, 2.24) is 10.6 Å². The minimum atomic E-state index is -2.62. The average Bonchev–Trinajstić information content (AvgIpc) is 3.01. The van der Waals surface area contributed by atoms with Gasteiger partial charge in [-0.25, -0.2) is 18.0 Å². The van der Waals surface area contributed by atoms with Gasteiger partial charge in [0.15, 0.2) is 5.54 Å². The zero-order valence-corrected chi connectivity index (χ0v) is 12.6. The third-order valence-electron chi connectivity index (χ3n) is 4.32. The van der Waals surface area contributed by atoms with E-state index in [0.29, 0.717) is 16.7 Å². The maximum Gasteiger partial charge on any atom is 0.322 e. The number of imide groups is 1. The van der Waals surface area contributed by atoms with Crippen LogP contribution in [-0.4, -0.2) is 25.0 Å². The van der Waals surface area contributed by atoms with Gasteiger partial charge in [0.05, 0.1) is 0 Å². The van der Waals surface area contributed by atoms with Gasteiger partial charge in [0.25, 0.3) is 12.3 Å². The predicted molar refractivity (Wildman–Crippen MR) is 80.8 cm³/mol. The minimum Gasteiger partial charge on any atom is -0.488 e. The van der Waals surface area contributed by atoms with Gasteiger partial charge in [-0.3, -0.25) is 10.1 Å². The van der Waals surface area contributed by atoms with Crippen molar-refractivity contribution in [2.24, 2.45) is 0 Å². The maximum absolute atomic E-state index is 13.8. The third kappa shape index (κ3) is 2.17. The lowest BCUT2D eigenvalue weighted by Crippen LogP contribution is -2.43. The van der Waals surface area contributed by atoms with Crippen LogP contribution in [0.4, 0.5) is 18.0 Å². The number of hydrogen-bond donors (Lipinski definition) is 2. The topological polar surface area (TPSA) is 67.4 Å². The molecule has 5 nitrogen and oxygen atoms in total. The molecule has 3 amide bonds. The summed E-state index contributed by atoms with van der Waals surface area (Å²) in [6, 6.07) is 7.64. The van der Waals surface area contributed by atoms with Crippen molar-refractivity contribution in [3.8, 4) is 16.9 Å². The van der Waals surface area contributed by atoms with E-state index in [2.05, 4.69) is 10.6 Å². The maximum atomic E-state index is 13.8. The lowest BCUT2D eigenvalue weighted by molar-refractivity contribution is -0.122. The molecule has 128 valence electrons. The molecule has 1 heterocycles. The molecule has 0 bridgehead atoms. The van der Waals surface area contributed by atoms with Crippen LogP contribution in [0.2, 0.25) is 0 Å². The first kappa shape index (κ1) is 15.5. The van der Waals surface area contributed by atoms with Crippen LogP contribution in [0.25, 0.3) is 11.1 Å². The van der Waals surface area contributed by atoms with E-state index in [1.807, 2.05) is 0 Å². The molecular weight excluding hydrogens is 337 g/mol. The molecule has 0 radical (unpaired) electrons. The van der Waals surface area contributed by atoms with Gasteiger partial charge < -0.3 is 10.1 Å². The number of hydrogen-bond acceptors (Lipinski definition) is 3. The molecule has 2 aromatic carbocycles. The summed E-state index contributed by atoms with van der Waals surface area (Å²) in [4.78, 5) is 24.2. The number of ether oxygens (including phenoxy) is 1. The molecule has 1 aliphatic carbocycles. The lowest BCUT2D eigenvalue weighted by atomic mass is 9.87. The van der Waals surface area contributed by atoms with Gasteiger partial charge in [-0.1, -0.05) is 12.1 Å². The summed E-state index contributed by atoms with van der Waals surface area (Å²) >= 11 is 0. The fourth-order valence-corrected chi connectivity index (χ4v) is 3.36. The van der Waals surface area contributed by atoms with E-state index in [1.165, 1.54) is 36.4 Å². The first-order valence-corrected chi connectivity index (χ1v) is 7.41. The van der Waals surface area contributed by atoms with Crippen LogP contribution in [0, 0.1) is 5.82 Å². The molecule has 1 atom stereocenters. The first-order valence-electron chi connectivity index (χ1n) is 7.41. The van der Waals surface area contributed by atoms with Crippen LogP contribution in [0.5, 0.6) is 5.75 Å². The van der Waals surface area contributed by atoms with Crippen LogP contribution in [0.3, 0.4) is 0 Å². The summed E-state index contributed by atoms with van der Waals surface area (Å²) in [5.74, 6) is -0.991. The van der Waals surface area contributed by atoms with E-state index in [0.717, 1.165) is 0 Å². The molecule has 4 rings (SSSR count). The number of carbonyl (C=O) groups is 2. The van der Waals surface area contributed by atoms with Gasteiger partial charge in [-0.15, -0.1) is 0 Å². The molecule has 1 aliphatic heterocycles. The van der Waals surface area contributed by atoms with E-state index in [9.17, 15) is 22.8 Å². The van der Waals surface area contributed by atoms with Crippen molar-refractivity contribution in [2.45, 2.75) is 12.0 Å². The Morgan fingerprint density at radius 2 is 1.84 bits per heavy atom. The Bertz CT molecular complexity index is 916. The molecule has 1 saturated heterocycles. The summed E-state index contributed by atoms with van der Waals surface area (Å²) in [7, 11) is 0. The second kappa shape index (κ2) is 5.23. The summed E-state index contributed by atoms with van der Waals surface area (Å²) in [5, 5.41) is 4.72. The zero-order valence-electron chi connectivity index (χ0n) is 12.6. The number of urea groups is 1. The van der Waals surface area contributed by atoms with E-state index < -0.39 is 36.3 Å². The van der Waals surface area contributed by atoms with Crippen molar-refractivity contribution >= 4 is 11.9 Å². The molecule has 2 aliphatic rings. The summed E-state index contributed by atoms with van der Waals surface area (Å²) in [6.45, 7) is -0.766. The monoisotopic (exact) mass is 348 g/mol. The number of amides is 3. The Morgan fingerprint density at radius 3 is 2.52 bits per heavy atom.